The first-order chi connectivity index (χ1) is 7.97. The minimum Gasteiger partial charge on any atom is -0.353 e. The van der Waals surface area contributed by atoms with E-state index in [0.717, 1.165) is 6.54 Å². The van der Waals surface area contributed by atoms with Gasteiger partial charge >= 0.3 is 0 Å². The van der Waals surface area contributed by atoms with Gasteiger partial charge in [-0.05, 0) is 0 Å². The molecule has 94 valence electrons. The van der Waals surface area contributed by atoms with E-state index in [4.69, 9.17) is 4.52 Å². The number of nitrogens with one attached hydrogen (secondary N) is 2. The van der Waals surface area contributed by atoms with E-state index in [1.807, 2.05) is 20.8 Å². The Morgan fingerprint density at radius 3 is 2.76 bits per heavy atom. The fraction of sp³-hybridized carbons (Fsp3) is 0.727. The number of piperazine rings is 1. The summed E-state index contributed by atoms with van der Waals surface area (Å²) in [6, 6.07) is -0.267. The topological polar surface area (TPSA) is 80.0 Å². The lowest BCUT2D eigenvalue weighted by atomic mass is 9.96. The molecule has 0 spiro atoms. The van der Waals surface area contributed by atoms with Gasteiger partial charge in [-0.1, -0.05) is 25.9 Å². The van der Waals surface area contributed by atoms with Crippen molar-refractivity contribution < 1.29 is 9.32 Å². The van der Waals surface area contributed by atoms with Crippen LogP contribution in [0.25, 0.3) is 0 Å². The van der Waals surface area contributed by atoms with Crippen LogP contribution in [0.3, 0.4) is 0 Å². The quantitative estimate of drug-likeness (QED) is 0.758. The molecule has 1 saturated heterocycles. The van der Waals surface area contributed by atoms with Crippen molar-refractivity contribution in [3.8, 4) is 0 Å². The maximum absolute atomic E-state index is 11.5. The molecular formula is C11H18N4O2. The molecule has 0 radical (unpaired) electrons. The molecule has 1 unspecified atom stereocenters. The van der Waals surface area contributed by atoms with E-state index in [-0.39, 0.29) is 17.4 Å². The Hall–Kier alpha value is -1.43. The second kappa shape index (κ2) is 4.44. The first-order valence-corrected chi connectivity index (χ1v) is 5.81. The van der Waals surface area contributed by atoms with Crippen molar-refractivity contribution in [3.63, 3.8) is 0 Å². The van der Waals surface area contributed by atoms with Crippen molar-refractivity contribution in [2.24, 2.45) is 0 Å². The predicted molar refractivity (Wildman–Crippen MR) is 61.5 cm³/mol. The SMILES string of the molecule is CC(C)(C)c1noc(CC2NCCNC2=O)n1. The average Bonchev–Trinajstić information content (AvgIpc) is 2.69. The van der Waals surface area contributed by atoms with E-state index >= 15 is 0 Å². The number of hydrogen-bond acceptors (Lipinski definition) is 5. The third-order valence-electron chi connectivity index (χ3n) is 2.65. The summed E-state index contributed by atoms with van der Waals surface area (Å²) in [5, 5.41) is 9.86. The molecule has 17 heavy (non-hydrogen) atoms. The molecule has 1 aromatic heterocycles. The van der Waals surface area contributed by atoms with Crippen LogP contribution in [-0.2, 0) is 16.6 Å². The average molecular weight is 238 g/mol. The number of amides is 1. The summed E-state index contributed by atoms with van der Waals surface area (Å²) in [5.74, 6) is 1.17. The van der Waals surface area contributed by atoms with Gasteiger partial charge in [0.25, 0.3) is 0 Å². The zero-order chi connectivity index (χ0) is 12.5. The summed E-state index contributed by atoms with van der Waals surface area (Å²) in [7, 11) is 0. The predicted octanol–water partition coefficient (Wildman–Crippen LogP) is -0.00240. The molecule has 1 atom stereocenters. The largest absolute Gasteiger partial charge is 0.353 e. The Bertz CT molecular complexity index is 408. The number of nitrogens with zero attached hydrogens (tertiary/aromatic N) is 2. The number of aromatic nitrogens is 2. The van der Waals surface area contributed by atoms with Crippen LogP contribution < -0.4 is 10.6 Å². The van der Waals surface area contributed by atoms with Crippen LogP contribution in [0.4, 0.5) is 0 Å². The maximum Gasteiger partial charge on any atom is 0.237 e. The van der Waals surface area contributed by atoms with Crippen molar-refractivity contribution in [2.75, 3.05) is 13.1 Å². The smallest absolute Gasteiger partial charge is 0.237 e. The first-order valence-electron chi connectivity index (χ1n) is 5.81. The first kappa shape index (κ1) is 12.0. The van der Waals surface area contributed by atoms with E-state index in [0.29, 0.717) is 24.7 Å². The molecule has 0 saturated carbocycles. The van der Waals surface area contributed by atoms with Gasteiger partial charge in [-0.15, -0.1) is 0 Å². The van der Waals surface area contributed by atoms with Crippen molar-refractivity contribution >= 4 is 5.91 Å². The summed E-state index contributed by atoms with van der Waals surface area (Å²) in [5.41, 5.74) is -0.135. The van der Waals surface area contributed by atoms with Crippen LogP contribution >= 0.6 is 0 Å². The number of hydrogen-bond donors (Lipinski definition) is 2. The third-order valence-corrected chi connectivity index (χ3v) is 2.65. The van der Waals surface area contributed by atoms with Gasteiger partial charge in [-0.3, -0.25) is 4.79 Å². The molecule has 6 heteroatoms. The van der Waals surface area contributed by atoms with Crippen LogP contribution in [-0.4, -0.2) is 35.2 Å². The second-order valence-corrected chi connectivity index (χ2v) is 5.26. The van der Waals surface area contributed by atoms with Crippen LogP contribution in [0.5, 0.6) is 0 Å². The van der Waals surface area contributed by atoms with Crippen molar-refractivity contribution in [1.82, 2.24) is 20.8 Å². The summed E-state index contributed by atoms with van der Waals surface area (Å²) >= 11 is 0. The van der Waals surface area contributed by atoms with E-state index < -0.39 is 0 Å². The lowest BCUT2D eigenvalue weighted by Crippen LogP contribution is -2.53. The maximum atomic E-state index is 11.5. The molecule has 1 aliphatic rings. The Kier molecular flexibility index (Phi) is 3.15. The fourth-order valence-electron chi connectivity index (χ4n) is 1.63. The lowest BCUT2D eigenvalue weighted by Gasteiger charge is -2.21. The molecule has 2 N–H and O–H groups in total. The van der Waals surface area contributed by atoms with E-state index in [1.165, 1.54) is 0 Å². The van der Waals surface area contributed by atoms with Gasteiger partial charge in [0.05, 0.1) is 12.5 Å². The number of carbonyl (C=O) groups excluding carboxylic acids is 1. The third kappa shape index (κ3) is 2.82. The Morgan fingerprint density at radius 2 is 2.18 bits per heavy atom. The Balaban J connectivity index is 2.03. The summed E-state index contributed by atoms with van der Waals surface area (Å²) in [4.78, 5) is 15.9. The number of rotatable bonds is 2. The van der Waals surface area contributed by atoms with E-state index in [9.17, 15) is 4.79 Å². The van der Waals surface area contributed by atoms with E-state index in [2.05, 4.69) is 20.8 Å². The molecule has 1 amide bonds. The molecule has 0 bridgehead atoms. The van der Waals surface area contributed by atoms with Gasteiger partial charge in [0.1, 0.15) is 0 Å². The van der Waals surface area contributed by atoms with Gasteiger partial charge in [-0.25, -0.2) is 0 Å². The normalized spacial score (nSPS) is 21.4. The standard InChI is InChI=1S/C11H18N4O2/c1-11(2,3)10-14-8(17-15-10)6-7-9(16)13-5-4-12-7/h7,12H,4-6H2,1-3H3,(H,13,16). The Labute approximate surface area is 100 Å². The summed E-state index contributed by atoms with van der Waals surface area (Å²) in [6.45, 7) is 7.51. The highest BCUT2D eigenvalue weighted by Crippen LogP contribution is 2.18. The van der Waals surface area contributed by atoms with Crippen LogP contribution in [0.15, 0.2) is 4.52 Å². The van der Waals surface area contributed by atoms with Gasteiger partial charge in [0.15, 0.2) is 5.82 Å². The molecule has 0 aromatic carbocycles. The highest BCUT2D eigenvalue weighted by Gasteiger charge is 2.26. The molecule has 1 fully saturated rings. The molecular weight excluding hydrogens is 220 g/mol. The number of carbonyl (C=O) groups is 1. The highest BCUT2D eigenvalue weighted by atomic mass is 16.5. The van der Waals surface area contributed by atoms with E-state index in [1.54, 1.807) is 0 Å². The van der Waals surface area contributed by atoms with Crippen molar-refractivity contribution in [3.05, 3.63) is 11.7 Å². The molecule has 0 aliphatic carbocycles. The minimum absolute atomic E-state index is 0.00763. The second-order valence-electron chi connectivity index (χ2n) is 5.26. The zero-order valence-electron chi connectivity index (χ0n) is 10.4. The molecule has 2 rings (SSSR count). The van der Waals surface area contributed by atoms with Crippen molar-refractivity contribution in [2.45, 2.75) is 38.6 Å². The van der Waals surface area contributed by atoms with Gasteiger partial charge < -0.3 is 15.2 Å². The molecule has 1 aliphatic heterocycles. The molecule has 1 aromatic rings. The summed E-state index contributed by atoms with van der Waals surface area (Å²) in [6.07, 6.45) is 0.439. The molecule has 6 nitrogen and oxygen atoms in total. The van der Waals surface area contributed by atoms with Gasteiger partial charge in [0, 0.05) is 18.5 Å². The zero-order valence-corrected chi connectivity index (χ0v) is 10.4. The minimum atomic E-state index is -0.267. The van der Waals surface area contributed by atoms with Crippen LogP contribution in [0, 0.1) is 0 Å². The monoisotopic (exact) mass is 238 g/mol. The van der Waals surface area contributed by atoms with Crippen LogP contribution in [0.2, 0.25) is 0 Å². The fourth-order valence-corrected chi connectivity index (χ4v) is 1.63. The molecule has 2 heterocycles. The van der Waals surface area contributed by atoms with Crippen LogP contribution in [0.1, 0.15) is 32.5 Å². The summed E-state index contributed by atoms with van der Waals surface area (Å²) < 4.78 is 5.16. The highest BCUT2D eigenvalue weighted by molar-refractivity contribution is 5.82. The van der Waals surface area contributed by atoms with Gasteiger partial charge in [-0.2, -0.15) is 4.98 Å². The Morgan fingerprint density at radius 1 is 1.41 bits per heavy atom. The lowest BCUT2D eigenvalue weighted by molar-refractivity contribution is -0.124. The van der Waals surface area contributed by atoms with Gasteiger partial charge in [0.2, 0.25) is 11.8 Å². The van der Waals surface area contributed by atoms with Crippen molar-refractivity contribution in [1.29, 1.82) is 0 Å².